The molecule has 1 aromatic heterocycles. The summed E-state index contributed by atoms with van der Waals surface area (Å²) in [4.78, 5) is 3.09. The van der Waals surface area contributed by atoms with Crippen LogP contribution in [0.4, 0.5) is 5.82 Å². The highest BCUT2D eigenvalue weighted by atomic mass is 14.9. The van der Waals surface area contributed by atoms with E-state index in [0.717, 1.165) is 23.2 Å². The number of benzene rings is 1. The zero-order valence-corrected chi connectivity index (χ0v) is 9.12. The second-order valence-electron chi connectivity index (χ2n) is 3.60. The maximum atomic E-state index is 9.04. The van der Waals surface area contributed by atoms with Crippen LogP contribution in [0.1, 0.15) is 18.1 Å². The molecule has 2 rings (SSSR count). The van der Waals surface area contributed by atoms with Crippen molar-refractivity contribution < 1.29 is 0 Å². The van der Waals surface area contributed by atoms with Gasteiger partial charge in [-0.15, -0.1) is 0 Å². The Hall–Kier alpha value is -2.21. The molecule has 0 unspecified atom stereocenters. The molecule has 3 nitrogen and oxygen atoms in total. The Labute approximate surface area is 94.5 Å². The van der Waals surface area contributed by atoms with Crippen molar-refractivity contribution >= 4 is 5.82 Å². The first kappa shape index (κ1) is 10.3. The number of anilines is 1. The molecular formula is C13H13N3. The van der Waals surface area contributed by atoms with E-state index < -0.39 is 0 Å². The van der Waals surface area contributed by atoms with Crippen LogP contribution in [0.5, 0.6) is 0 Å². The summed E-state index contributed by atoms with van der Waals surface area (Å²) < 4.78 is 0. The number of H-pyrrole nitrogens is 1. The number of hydrogen-bond acceptors (Lipinski definition) is 2. The summed E-state index contributed by atoms with van der Waals surface area (Å²) in [6.45, 7) is 2.02. The largest absolute Gasteiger partial charge is 0.384 e. The lowest BCUT2D eigenvalue weighted by Crippen LogP contribution is -1.88. The molecule has 1 aromatic carbocycles. The van der Waals surface area contributed by atoms with Crippen molar-refractivity contribution in [1.82, 2.24) is 4.98 Å². The standard InChI is InChI=1S/C13H13N3/c1-2-10-11(8-14)13(15)16-12(10)9-6-4-3-5-7-9/h3-7,16H,2,15H2,1H3. The molecule has 0 aliphatic rings. The molecule has 0 amide bonds. The van der Waals surface area contributed by atoms with Crippen molar-refractivity contribution in [3.63, 3.8) is 0 Å². The summed E-state index contributed by atoms with van der Waals surface area (Å²) in [5.74, 6) is 0.457. The number of nitrogens with one attached hydrogen (secondary N) is 1. The van der Waals surface area contributed by atoms with Crippen LogP contribution in [0.15, 0.2) is 30.3 Å². The molecular weight excluding hydrogens is 198 g/mol. The summed E-state index contributed by atoms with van der Waals surface area (Å²) >= 11 is 0. The van der Waals surface area contributed by atoms with Crippen LogP contribution >= 0.6 is 0 Å². The third-order valence-corrected chi connectivity index (χ3v) is 2.66. The molecule has 0 fully saturated rings. The maximum absolute atomic E-state index is 9.04. The Morgan fingerprint density at radius 3 is 2.56 bits per heavy atom. The van der Waals surface area contributed by atoms with E-state index in [1.165, 1.54) is 0 Å². The van der Waals surface area contributed by atoms with Gasteiger partial charge < -0.3 is 10.7 Å². The van der Waals surface area contributed by atoms with Gasteiger partial charge in [0.15, 0.2) is 0 Å². The second-order valence-corrected chi connectivity index (χ2v) is 3.60. The molecule has 2 aromatic rings. The molecule has 3 heteroatoms. The Morgan fingerprint density at radius 1 is 1.31 bits per heavy atom. The fourth-order valence-electron chi connectivity index (χ4n) is 1.89. The van der Waals surface area contributed by atoms with E-state index in [4.69, 9.17) is 11.0 Å². The summed E-state index contributed by atoms with van der Waals surface area (Å²) in [7, 11) is 0. The SMILES string of the molecule is CCc1c(-c2ccccc2)[nH]c(N)c1C#N. The van der Waals surface area contributed by atoms with Gasteiger partial charge in [-0.1, -0.05) is 37.3 Å². The van der Waals surface area contributed by atoms with E-state index in [1.807, 2.05) is 37.3 Å². The fraction of sp³-hybridized carbons (Fsp3) is 0.154. The van der Waals surface area contributed by atoms with Gasteiger partial charge in [0.05, 0.1) is 11.3 Å². The van der Waals surface area contributed by atoms with E-state index in [2.05, 4.69) is 11.1 Å². The smallest absolute Gasteiger partial charge is 0.119 e. The van der Waals surface area contributed by atoms with Crippen LogP contribution in [0, 0.1) is 11.3 Å². The first-order valence-electron chi connectivity index (χ1n) is 5.23. The molecule has 0 aliphatic carbocycles. The van der Waals surface area contributed by atoms with Crippen molar-refractivity contribution in [2.24, 2.45) is 0 Å². The molecule has 1 heterocycles. The molecule has 16 heavy (non-hydrogen) atoms. The van der Waals surface area contributed by atoms with Gasteiger partial charge in [0.25, 0.3) is 0 Å². The predicted octanol–water partition coefficient (Wildman–Crippen LogP) is 2.70. The zero-order chi connectivity index (χ0) is 11.5. The van der Waals surface area contributed by atoms with E-state index in [9.17, 15) is 0 Å². The average Bonchev–Trinajstić information content (AvgIpc) is 2.66. The van der Waals surface area contributed by atoms with Crippen molar-refractivity contribution in [2.75, 3.05) is 5.73 Å². The molecule has 0 aliphatic heterocycles. The van der Waals surface area contributed by atoms with Crippen molar-refractivity contribution in [3.05, 3.63) is 41.5 Å². The third-order valence-electron chi connectivity index (χ3n) is 2.66. The van der Waals surface area contributed by atoms with Crippen LogP contribution in [-0.2, 0) is 6.42 Å². The first-order valence-corrected chi connectivity index (χ1v) is 5.23. The first-order chi connectivity index (χ1) is 7.77. The van der Waals surface area contributed by atoms with Gasteiger partial charge in [0.2, 0.25) is 0 Å². The molecule has 0 saturated carbocycles. The Balaban J connectivity index is 2.63. The van der Waals surface area contributed by atoms with Gasteiger partial charge in [-0.3, -0.25) is 0 Å². The Morgan fingerprint density at radius 2 is 2.00 bits per heavy atom. The van der Waals surface area contributed by atoms with Gasteiger partial charge in [0, 0.05) is 0 Å². The lowest BCUT2D eigenvalue weighted by Gasteiger charge is -2.01. The number of hydrogen-bond donors (Lipinski definition) is 2. The minimum atomic E-state index is 0.457. The van der Waals surface area contributed by atoms with Crippen LogP contribution in [0.2, 0.25) is 0 Å². The predicted molar refractivity (Wildman–Crippen MR) is 64.7 cm³/mol. The zero-order valence-electron chi connectivity index (χ0n) is 9.12. The number of nitriles is 1. The molecule has 3 N–H and O–H groups in total. The molecule has 0 radical (unpaired) electrons. The number of rotatable bonds is 2. The minimum Gasteiger partial charge on any atom is -0.384 e. The summed E-state index contributed by atoms with van der Waals surface area (Å²) in [6.07, 6.45) is 0.792. The average molecular weight is 211 g/mol. The van der Waals surface area contributed by atoms with E-state index in [-0.39, 0.29) is 0 Å². The van der Waals surface area contributed by atoms with Crippen LogP contribution in [0.25, 0.3) is 11.3 Å². The highest BCUT2D eigenvalue weighted by molar-refractivity contribution is 5.72. The Kier molecular flexibility index (Phi) is 2.65. The summed E-state index contributed by atoms with van der Waals surface area (Å²) in [5, 5.41) is 9.04. The van der Waals surface area contributed by atoms with Gasteiger partial charge in [-0.25, -0.2) is 0 Å². The van der Waals surface area contributed by atoms with E-state index >= 15 is 0 Å². The van der Waals surface area contributed by atoms with Gasteiger partial charge in [-0.2, -0.15) is 5.26 Å². The quantitative estimate of drug-likeness (QED) is 0.802. The number of nitrogens with zero attached hydrogens (tertiary/aromatic N) is 1. The van der Waals surface area contributed by atoms with Crippen molar-refractivity contribution in [1.29, 1.82) is 5.26 Å². The number of nitrogens with two attached hydrogens (primary N) is 1. The molecule has 0 spiro atoms. The normalized spacial score (nSPS) is 10.0. The summed E-state index contributed by atoms with van der Waals surface area (Å²) in [6, 6.07) is 12.1. The van der Waals surface area contributed by atoms with Crippen LogP contribution < -0.4 is 5.73 Å². The third kappa shape index (κ3) is 1.55. The minimum absolute atomic E-state index is 0.457. The van der Waals surface area contributed by atoms with Crippen molar-refractivity contribution in [2.45, 2.75) is 13.3 Å². The topological polar surface area (TPSA) is 65.6 Å². The monoisotopic (exact) mass is 211 g/mol. The molecule has 0 bridgehead atoms. The lowest BCUT2D eigenvalue weighted by molar-refractivity contribution is 1.14. The molecule has 0 atom stereocenters. The summed E-state index contributed by atoms with van der Waals surface area (Å²) in [5.41, 5.74) is 9.37. The van der Waals surface area contributed by atoms with E-state index in [0.29, 0.717) is 11.4 Å². The fourth-order valence-corrected chi connectivity index (χ4v) is 1.89. The van der Waals surface area contributed by atoms with E-state index in [1.54, 1.807) is 0 Å². The van der Waals surface area contributed by atoms with Gasteiger partial charge in [0.1, 0.15) is 11.9 Å². The molecule has 80 valence electrons. The Bertz CT molecular complexity index is 532. The molecule has 0 saturated heterocycles. The van der Waals surface area contributed by atoms with Crippen molar-refractivity contribution in [3.8, 4) is 17.3 Å². The van der Waals surface area contributed by atoms with Gasteiger partial charge >= 0.3 is 0 Å². The van der Waals surface area contributed by atoms with Gasteiger partial charge in [-0.05, 0) is 17.5 Å². The number of nitrogen functional groups attached to an aromatic ring is 1. The van der Waals surface area contributed by atoms with Crippen LogP contribution in [-0.4, -0.2) is 4.98 Å². The highest BCUT2D eigenvalue weighted by Crippen LogP contribution is 2.29. The maximum Gasteiger partial charge on any atom is 0.119 e. The van der Waals surface area contributed by atoms with Crippen LogP contribution in [0.3, 0.4) is 0 Å². The number of aromatic nitrogens is 1. The lowest BCUT2D eigenvalue weighted by atomic mass is 10.0. The second kappa shape index (κ2) is 4.11. The highest BCUT2D eigenvalue weighted by Gasteiger charge is 2.14. The number of aromatic amines is 1.